The zero-order valence-corrected chi connectivity index (χ0v) is 7.67. The predicted octanol–water partition coefficient (Wildman–Crippen LogP) is 2.05. The van der Waals surface area contributed by atoms with Crippen LogP contribution in [0.5, 0.6) is 0 Å². The van der Waals surface area contributed by atoms with E-state index in [1.165, 1.54) is 0 Å². The van der Waals surface area contributed by atoms with E-state index in [0.29, 0.717) is 13.0 Å². The van der Waals surface area contributed by atoms with Crippen molar-refractivity contribution in [3.05, 3.63) is 24.3 Å². The maximum atomic E-state index is 8.37. The van der Waals surface area contributed by atoms with Gasteiger partial charge in [-0.1, -0.05) is 12.1 Å². The van der Waals surface area contributed by atoms with Crippen LogP contribution in [0, 0.1) is 11.3 Å². The van der Waals surface area contributed by atoms with Crippen LogP contribution in [0.15, 0.2) is 24.3 Å². The van der Waals surface area contributed by atoms with E-state index in [-0.39, 0.29) is 0 Å². The van der Waals surface area contributed by atoms with Crippen LogP contribution in [-0.4, -0.2) is 13.6 Å². The second kappa shape index (κ2) is 5.04. The second-order valence-electron chi connectivity index (χ2n) is 2.63. The fourth-order valence-corrected chi connectivity index (χ4v) is 1.11. The lowest BCUT2D eigenvalue weighted by Crippen LogP contribution is -2.03. The van der Waals surface area contributed by atoms with E-state index in [1.54, 1.807) is 0 Å². The van der Waals surface area contributed by atoms with Gasteiger partial charge in [-0.25, -0.2) is 0 Å². The molecule has 13 heavy (non-hydrogen) atoms. The molecule has 1 rings (SSSR count). The van der Waals surface area contributed by atoms with Crippen LogP contribution in [0.3, 0.4) is 0 Å². The van der Waals surface area contributed by atoms with Crippen molar-refractivity contribution >= 4 is 11.4 Å². The molecule has 0 heterocycles. The van der Waals surface area contributed by atoms with Crippen LogP contribution < -0.4 is 10.6 Å². The van der Waals surface area contributed by atoms with Gasteiger partial charge < -0.3 is 10.6 Å². The number of nitrogens with zero attached hydrogens (tertiary/aromatic N) is 1. The Bertz CT molecular complexity index is 301. The molecule has 0 atom stereocenters. The van der Waals surface area contributed by atoms with Gasteiger partial charge in [0, 0.05) is 13.6 Å². The molecular formula is C10H13N3. The van der Waals surface area contributed by atoms with E-state index in [4.69, 9.17) is 5.26 Å². The first-order chi connectivity index (χ1) is 6.38. The maximum absolute atomic E-state index is 8.37. The molecule has 0 unspecified atom stereocenters. The first-order valence-electron chi connectivity index (χ1n) is 4.26. The summed E-state index contributed by atoms with van der Waals surface area (Å²) in [5, 5.41) is 14.6. The Kier molecular flexibility index (Phi) is 3.65. The molecule has 0 saturated heterocycles. The Morgan fingerprint density at radius 2 is 2.00 bits per heavy atom. The molecular weight excluding hydrogens is 162 g/mol. The van der Waals surface area contributed by atoms with E-state index in [2.05, 4.69) is 16.7 Å². The van der Waals surface area contributed by atoms with Crippen molar-refractivity contribution in [2.24, 2.45) is 0 Å². The van der Waals surface area contributed by atoms with E-state index in [9.17, 15) is 0 Å². The third-order valence-electron chi connectivity index (χ3n) is 1.75. The van der Waals surface area contributed by atoms with Gasteiger partial charge in [-0.2, -0.15) is 5.26 Å². The highest BCUT2D eigenvalue weighted by atomic mass is 14.9. The van der Waals surface area contributed by atoms with Gasteiger partial charge >= 0.3 is 0 Å². The van der Waals surface area contributed by atoms with Gasteiger partial charge in [0.05, 0.1) is 23.9 Å². The smallest absolute Gasteiger partial charge is 0.0640 e. The number of nitriles is 1. The second-order valence-corrected chi connectivity index (χ2v) is 2.63. The van der Waals surface area contributed by atoms with Crippen LogP contribution in [0.2, 0.25) is 0 Å². The summed E-state index contributed by atoms with van der Waals surface area (Å²) in [5.74, 6) is 0. The number of hydrogen-bond donors (Lipinski definition) is 2. The van der Waals surface area contributed by atoms with Gasteiger partial charge in [-0.3, -0.25) is 0 Å². The molecule has 1 aromatic rings. The summed E-state index contributed by atoms with van der Waals surface area (Å²) in [6.45, 7) is 0.690. The fraction of sp³-hybridized carbons (Fsp3) is 0.300. The van der Waals surface area contributed by atoms with Crippen LogP contribution in [0.25, 0.3) is 0 Å². The first kappa shape index (κ1) is 9.40. The molecule has 0 aromatic heterocycles. The van der Waals surface area contributed by atoms with Crippen LogP contribution in [0.4, 0.5) is 11.4 Å². The number of nitrogens with one attached hydrogen (secondary N) is 2. The fourth-order valence-electron chi connectivity index (χ4n) is 1.11. The topological polar surface area (TPSA) is 47.8 Å². The van der Waals surface area contributed by atoms with Crippen LogP contribution in [-0.2, 0) is 0 Å². The van der Waals surface area contributed by atoms with Crippen molar-refractivity contribution in [2.45, 2.75) is 6.42 Å². The van der Waals surface area contributed by atoms with Gasteiger partial charge in [-0.15, -0.1) is 0 Å². The Hall–Kier alpha value is -1.69. The minimum atomic E-state index is 0.526. The van der Waals surface area contributed by atoms with E-state index in [0.717, 1.165) is 11.4 Å². The highest BCUT2D eigenvalue weighted by Crippen LogP contribution is 2.19. The highest BCUT2D eigenvalue weighted by Gasteiger charge is 1.96. The Morgan fingerprint density at radius 1 is 1.31 bits per heavy atom. The summed E-state index contributed by atoms with van der Waals surface area (Å²) < 4.78 is 0. The summed E-state index contributed by atoms with van der Waals surface area (Å²) in [5.41, 5.74) is 2.10. The molecule has 3 heteroatoms. The summed E-state index contributed by atoms with van der Waals surface area (Å²) in [7, 11) is 1.88. The molecule has 68 valence electrons. The molecule has 0 spiro atoms. The number of rotatable bonds is 4. The minimum absolute atomic E-state index is 0.526. The molecule has 0 bridgehead atoms. The SMILES string of the molecule is CNc1ccccc1NCCC#N. The van der Waals surface area contributed by atoms with Crippen molar-refractivity contribution in [1.29, 1.82) is 5.26 Å². The summed E-state index contributed by atoms with van der Waals surface area (Å²) in [6, 6.07) is 10.0. The Balaban J connectivity index is 2.60. The van der Waals surface area contributed by atoms with Gasteiger partial charge in [0.2, 0.25) is 0 Å². The van der Waals surface area contributed by atoms with E-state index >= 15 is 0 Å². The minimum Gasteiger partial charge on any atom is -0.386 e. The number of hydrogen-bond acceptors (Lipinski definition) is 3. The van der Waals surface area contributed by atoms with Crippen molar-refractivity contribution in [3.63, 3.8) is 0 Å². The quantitative estimate of drug-likeness (QED) is 0.688. The summed E-state index contributed by atoms with van der Waals surface area (Å²) in [4.78, 5) is 0. The zero-order chi connectivity index (χ0) is 9.52. The number of benzene rings is 1. The lowest BCUT2D eigenvalue weighted by molar-refractivity contribution is 1.08. The van der Waals surface area contributed by atoms with Crippen LogP contribution in [0.1, 0.15) is 6.42 Å². The normalized spacial score (nSPS) is 8.92. The average molecular weight is 175 g/mol. The molecule has 3 nitrogen and oxygen atoms in total. The Morgan fingerprint density at radius 3 is 2.62 bits per heavy atom. The average Bonchev–Trinajstić information content (AvgIpc) is 2.19. The molecule has 0 radical (unpaired) electrons. The van der Waals surface area contributed by atoms with Gasteiger partial charge in [0.15, 0.2) is 0 Å². The third-order valence-corrected chi connectivity index (χ3v) is 1.75. The van der Waals surface area contributed by atoms with Crippen molar-refractivity contribution in [1.82, 2.24) is 0 Å². The molecule has 0 aliphatic heterocycles. The van der Waals surface area contributed by atoms with Gasteiger partial charge in [0.25, 0.3) is 0 Å². The van der Waals surface area contributed by atoms with Crippen molar-refractivity contribution < 1.29 is 0 Å². The first-order valence-corrected chi connectivity index (χ1v) is 4.26. The van der Waals surface area contributed by atoms with Gasteiger partial charge in [0.1, 0.15) is 0 Å². The molecule has 0 amide bonds. The molecule has 0 fully saturated rings. The van der Waals surface area contributed by atoms with Crippen molar-refractivity contribution in [3.8, 4) is 6.07 Å². The standard InChI is InChI=1S/C10H13N3/c1-12-9-5-2-3-6-10(9)13-8-4-7-11/h2-3,5-6,12-13H,4,8H2,1H3. The largest absolute Gasteiger partial charge is 0.386 e. The third kappa shape index (κ3) is 2.68. The maximum Gasteiger partial charge on any atom is 0.0640 e. The Labute approximate surface area is 78.4 Å². The van der Waals surface area contributed by atoms with E-state index < -0.39 is 0 Å². The van der Waals surface area contributed by atoms with E-state index in [1.807, 2.05) is 31.3 Å². The molecule has 0 aliphatic rings. The molecule has 2 N–H and O–H groups in total. The van der Waals surface area contributed by atoms with Crippen LogP contribution >= 0.6 is 0 Å². The highest BCUT2D eigenvalue weighted by molar-refractivity contribution is 5.68. The lowest BCUT2D eigenvalue weighted by Gasteiger charge is -2.09. The number of anilines is 2. The summed E-state index contributed by atoms with van der Waals surface area (Å²) in [6.07, 6.45) is 0.526. The lowest BCUT2D eigenvalue weighted by atomic mass is 10.2. The summed E-state index contributed by atoms with van der Waals surface area (Å²) >= 11 is 0. The van der Waals surface area contributed by atoms with Gasteiger partial charge in [-0.05, 0) is 12.1 Å². The molecule has 0 aliphatic carbocycles. The van der Waals surface area contributed by atoms with Crippen molar-refractivity contribution in [2.75, 3.05) is 24.2 Å². The predicted molar refractivity (Wildman–Crippen MR) is 54.7 cm³/mol. The monoisotopic (exact) mass is 175 g/mol. The number of para-hydroxylation sites is 2. The molecule has 1 aromatic carbocycles. The molecule has 0 saturated carbocycles. The zero-order valence-electron chi connectivity index (χ0n) is 7.67.